The Morgan fingerprint density at radius 2 is 2.07 bits per heavy atom. The Morgan fingerprint density at radius 3 is 2.60 bits per heavy atom. The van der Waals surface area contributed by atoms with Crippen molar-refractivity contribution in [2.75, 3.05) is 6.61 Å². The number of esters is 1. The van der Waals surface area contributed by atoms with E-state index in [4.69, 9.17) is 4.74 Å². The molecule has 1 atom stereocenters. The SMILES string of the molecule is CCCCOC(=O)/C(C)=C/C(O)CCC. The fourth-order valence-electron chi connectivity index (χ4n) is 1.16. The molecule has 0 aromatic carbocycles. The molecular weight excluding hydrogens is 192 g/mol. The summed E-state index contributed by atoms with van der Waals surface area (Å²) >= 11 is 0. The van der Waals surface area contributed by atoms with Crippen LogP contribution in [-0.4, -0.2) is 23.8 Å². The molecule has 0 rings (SSSR count). The second-order valence-corrected chi connectivity index (χ2v) is 3.70. The third-order valence-corrected chi connectivity index (χ3v) is 2.08. The van der Waals surface area contributed by atoms with Crippen LogP contribution in [0.2, 0.25) is 0 Å². The summed E-state index contributed by atoms with van der Waals surface area (Å²) in [6.45, 7) is 6.17. The highest BCUT2D eigenvalue weighted by Gasteiger charge is 2.07. The van der Waals surface area contributed by atoms with Crippen LogP contribution in [0, 0.1) is 0 Å². The van der Waals surface area contributed by atoms with Crippen LogP contribution >= 0.6 is 0 Å². The summed E-state index contributed by atoms with van der Waals surface area (Å²) in [5.74, 6) is -0.321. The van der Waals surface area contributed by atoms with Gasteiger partial charge >= 0.3 is 5.97 Å². The van der Waals surface area contributed by atoms with Crippen LogP contribution in [0.25, 0.3) is 0 Å². The number of hydrogen-bond donors (Lipinski definition) is 1. The maximum absolute atomic E-state index is 11.4. The molecule has 0 bridgehead atoms. The number of hydrogen-bond acceptors (Lipinski definition) is 3. The summed E-state index contributed by atoms with van der Waals surface area (Å²) in [6, 6.07) is 0. The normalized spacial score (nSPS) is 13.7. The van der Waals surface area contributed by atoms with Crippen LogP contribution in [0.4, 0.5) is 0 Å². The molecule has 0 aliphatic carbocycles. The van der Waals surface area contributed by atoms with Gasteiger partial charge in [-0.15, -0.1) is 0 Å². The zero-order valence-corrected chi connectivity index (χ0v) is 9.95. The first-order chi connectivity index (χ1) is 7.11. The third kappa shape index (κ3) is 7.14. The molecule has 0 spiro atoms. The third-order valence-electron chi connectivity index (χ3n) is 2.08. The van der Waals surface area contributed by atoms with E-state index in [9.17, 15) is 9.90 Å². The first kappa shape index (κ1) is 14.2. The van der Waals surface area contributed by atoms with Crippen molar-refractivity contribution < 1.29 is 14.6 Å². The standard InChI is InChI=1S/C12H22O3/c1-4-6-8-15-12(14)10(3)9-11(13)7-5-2/h9,11,13H,4-8H2,1-3H3/b10-9+. The smallest absolute Gasteiger partial charge is 0.333 e. The number of rotatable bonds is 7. The molecule has 15 heavy (non-hydrogen) atoms. The average molecular weight is 214 g/mol. The maximum atomic E-state index is 11.4. The fraction of sp³-hybridized carbons (Fsp3) is 0.750. The summed E-state index contributed by atoms with van der Waals surface area (Å²) in [5, 5.41) is 9.46. The number of aliphatic hydroxyl groups excluding tert-OH is 1. The lowest BCUT2D eigenvalue weighted by atomic mass is 10.1. The summed E-state index contributed by atoms with van der Waals surface area (Å²) in [7, 11) is 0. The number of ether oxygens (including phenoxy) is 1. The molecule has 0 heterocycles. The van der Waals surface area contributed by atoms with E-state index in [-0.39, 0.29) is 5.97 Å². The Hall–Kier alpha value is -0.830. The topological polar surface area (TPSA) is 46.5 Å². The van der Waals surface area contributed by atoms with Gasteiger partial charge < -0.3 is 9.84 Å². The van der Waals surface area contributed by atoms with Gasteiger partial charge in [-0.3, -0.25) is 0 Å². The van der Waals surface area contributed by atoms with Gasteiger partial charge in [-0.1, -0.05) is 26.7 Å². The molecule has 0 radical (unpaired) electrons. The van der Waals surface area contributed by atoms with Gasteiger partial charge in [0.05, 0.1) is 12.7 Å². The zero-order chi connectivity index (χ0) is 11.7. The van der Waals surface area contributed by atoms with Crippen LogP contribution in [0.3, 0.4) is 0 Å². The lowest BCUT2D eigenvalue weighted by Gasteiger charge is -2.06. The minimum atomic E-state index is -0.534. The van der Waals surface area contributed by atoms with Gasteiger partial charge in [0, 0.05) is 5.57 Å². The Kier molecular flexibility index (Phi) is 8.01. The number of carbonyl (C=O) groups is 1. The molecule has 0 aliphatic heterocycles. The van der Waals surface area contributed by atoms with Crippen molar-refractivity contribution in [1.82, 2.24) is 0 Å². The summed E-state index contributed by atoms with van der Waals surface area (Å²) in [4.78, 5) is 11.4. The van der Waals surface area contributed by atoms with Crippen molar-refractivity contribution in [2.45, 2.75) is 52.6 Å². The monoisotopic (exact) mass is 214 g/mol. The lowest BCUT2D eigenvalue weighted by molar-refractivity contribution is -0.139. The predicted octanol–water partition coefficient (Wildman–Crippen LogP) is 2.44. The Morgan fingerprint density at radius 1 is 1.40 bits per heavy atom. The van der Waals surface area contributed by atoms with Gasteiger partial charge in [0.15, 0.2) is 0 Å². The van der Waals surface area contributed by atoms with Crippen molar-refractivity contribution in [1.29, 1.82) is 0 Å². The van der Waals surface area contributed by atoms with Crippen molar-refractivity contribution in [3.8, 4) is 0 Å². The van der Waals surface area contributed by atoms with Gasteiger partial charge in [-0.2, -0.15) is 0 Å². The van der Waals surface area contributed by atoms with E-state index < -0.39 is 6.10 Å². The van der Waals surface area contributed by atoms with Gasteiger partial charge in [0.25, 0.3) is 0 Å². The van der Waals surface area contributed by atoms with E-state index in [1.807, 2.05) is 13.8 Å². The van der Waals surface area contributed by atoms with Crippen molar-refractivity contribution >= 4 is 5.97 Å². The number of unbranched alkanes of at least 4 members (excludes halogenated alkanes) is 1. The van der Waals surface area contributed by atoms with Crippen molar-refractivity contribution in [3.63, 3.8) is 0 Å². The van der Waals surface area contributed by atoms with Gasteiger partial charge in [0.2, 0.25) is 0 Å². The van der Waals surface area contributed by atoms with Crippen LogP contribution in [-0.2, 0) is 9.53 Å². The average Bonchev–Trinajstić information content (AvgIpc) is 2.18. The molecule has 1 unspecified atom stereocenters. The van der Waals surface area contributed by atoms with Gasteiger partial charge in [0.1, 0.15) is 0 Å². The first-order valence-electron chi connectivity index (χ1n) is 5.65. The highest BCUT2D eigenvalue weighted by atomic mass is 16.5. The van der Waals surface area contributed by atoms with E-state index in [0.717, 1.165) is 19.3 Å². The van der Waals surface area contributed by atoms with Crippen molar-refractivity contribution in [2.24, 2.45) is 0 Å². The first-order valence-corrected chi connectivity index (χ1v) is 5.65. The predicted molar refractivity (Wildman–Crippen MR) is 60.5 cm³/mol. The number of aliphatic hydroxyl groups is 1. The summed E-state index contributed by atoms with van der Waals surface area (Å²) in [5.41, 5.74) is 0.493. The Bertz CT molecular complexity index is 209. The molecule has 3 heteroatoms. The largest absolute Gasteiger partial charge is 0.462 e. The van der Waals surface area contributed by atoms with Crippen LogP contribution in [0.5, 0.6) is 0 Å². The van der Waals surface area contributed by atoms with Crippen LogP contribution < -0.4 is 0 Å². The minimum Gasteiger partial charge on any atom is -0.462 e. The van der Waals surface area contributed by atoms with E-state index in [1.165, 1.54) is 0 Å². The van der Waals surface area contributed by atoms with E-state index in [0.29, 0.717) is 18.6 Å². The van der Waals surface area contributed by atoms with E-state index in [2.05, 4.69) is 0 Å². The van der Waals surface area contributed by atoms with Crippen LogP contribution in [0.15, 0.2) is 11.6 Å². The molecule has 1 N–H and O–H groups in total. The van der Waals surface area contributed by atoms with E-state index >= 15 is 0 Å². The Balaban J connectivity index is 3.95. The molecule has 0 aliphatic rings. The van der Waals surface area contributed by atoms with E-state index in [1.54, 1.807) is 13.0 Å². The highest BCUT2D eigenvalue weighted by Crippen LogP contribution is 2.04. The minimum absolute atomic E-state index is 0.321. The molecular formula is C12H22O3. The molecule has 0 aromatic rings. The molecule has 0 aromatic heterocycles. The Labute approximate surface area is 92.1 Å². The second-order valence-electron chi connectivity index (χ2n) is 3.70. The molecule has 0 saturated carbocycles. The zero-order valence-electron chi connectivity index (χ0n) is 9.95. The highest BCUT2D eigenvalue weighted by molar-refractivity contribution is 5.87. The molecule has 0 amide bonds. The molecule has 0 fully saturated rings. The maximum Gasteiger partial charge on any atom is 0.333 e. The fourth-order valence-corrected chi connectivity index (χ4v) is 1.16. The lowest BCUT2D eigenvalue weighted by Crippen LogP contribution is -2.10. The van der Waals surface area contributed by atoms with Crippen molar-refractivity contribution in [3.05, 3.63) is 11.6 Å². The molecule has 0 saturated heterocycles. The van der Waals surface area contributed by atoms with Gasteiger partial charge in [-0.25, -0.2) is 4.79 Å². The quantitative estimate of drug-likeness (QED) is 0.402. The molecule has 88 valence electrons. The second kappa shape index (κ2) is 8.48. The van der Waals surface area contributed by atoms with Crippen LogP contribution in [0.1, 0.15) is 46.5 Å². The summed E-state index contributed by atoms with van der Waals surface area (Å²) in [6.07, 6.45) is 4.51. The number of carbonyl (C=O) groups excluding carboxylic acids is 1. The van der Waals surface area contributed by atoms with Gasteiger partial charge in [-0.05, 0) is 25.8 Å². The molecule has 3 nitrogen and oxygen atoms in total. The summed E-state index contributed by atoms with van der Waals surface area (Å²) < 4.78 is 5.00.